The SMILES string of the molecule is CC(C)CC(C)NC(=O)c1ccnc2c1C(=O)C1SC([N+](=O)[O-])=CC1C2=O. The number of aromatic nitrogens is 1. The van der Waals surface area contributed by atoms with Crippen LogP contribution in [0.15, 0.2) is 23.4 Å². The Morgan fingerprint density at radius 3 is 2.67 bits per heavy atom. The molecule has 1 amide bonds. The number of fused-ring (bicyclic) bond motifs is 2. The lowest BCUT2D eigenvalue weighted by Gasteiger charge is -2.24. The monoisotopic (exact) mass is 389 g/mol. The molecule has 1 aromatic heterocycles. The van der Waals surface area contributed by atoms with Crippen molar-refractivity contribution in [1.29, 1.82) is 0 Å². The third-order valence-electron chi connectivity index (χ3n) is 4.51. The Hall–Kier alpha value is -2.55. The standard InChI is InChI=1S/C18H19N3O5S/c1-8(2)6-9(3)20-18(24)10-4-5-19-14-13(10)16(23)17-11(15(14)22)7-12(27-17)21(25)26/h4-5,7-9,11,17H,6H2,1-3H3,(H,20,24). The van der Waals surface area contributed by atoms with Crippen molar-refractivity contribution in [2.24, 2.45) is 11.8 Å². The van der Waals surface area contributed by atoms with Gasteiger partial charge in [-0.1, -0.05) is 13.8 Å². The number of carbonyl (C=O) groups excluding carboxylic acids is 3. The number of nitro groups is 1. The largest absolute Gasteiger partial charge is 0.350 e. The number of nitrogens with one attached hydrogen (secondary N) is 1. The summed E-state index contributed by atoms with van der Waals surface area (Å²) in [7, 11) is 0. The van der Waals surface area contributed by atoms with Gasteiger partial charge in [-0.2, -0.15) is 0 Å². The summed E-state index contributed by atoms with van der Waals surface area (Å²) in [5.74, 6) is -1.92. The number of hydrogen-bond acceptors (Lipinski definition) is 7. The summed E-state index contributed by atoms with van der Waals surface area (Å²) in [5, 5.41) is 12.7. The van der Waals surface area contributed by atoms with E-state index in [0.717, 1.165) is 18.2 Å². The van der Waals surface area contributed by atoms with Gasteiger partial charge in [-0.25, -0.2) is 0 Å². The highest BCUT2D eigenvalue weighted by atomic mass is 32.2. The molecule has 0 bridgehead atoms. The van der Waals surface area contributed by atoms with Crippen LogP contribution in [0.25, 0.3) is 0 Å². The Morgan fingerprint density at radius 2 is 2.04 bits per heavy atom. The predicted octanol–water partition coefficient (Wildman–Crippen LogP) is 2.47. The van der Waals surface area contributed by atoms with E-state index in [1.807, 2.05) is 20.8 Å². The van der Waals surface area contributed by atoms with Crippen LogP contribution in [0.3, 0.4) is 0 Å². The normalized spacial score (nSPS) is 22.1. The molecule has 0 saturated heterocycles. The van der Waals surface area contributed by atoms with Gasteiger partial charge in [0, 0.05) is 18.3 Å². The number of rotatable bonds is 5. The first kappa shape index (κ1) is 19.2. The Balaban J connectivity index is 1.95. The van der Waals surface area contributed by atoms with Gasteiger partial charge in [-0.15, -0.1) is 0 Å². The molecule has 3 atom stereocenters. The van der Waals surface area contributed by atoms with Crippen LogP contribution < -0.4 is 5.32 Å². The second-order valence-corrected chi connectivity index (χ2v) is 8.30. The van der Waals surface area contributed by atoms with Crippen LogP contribution >= 0.6 is 11.8 Å². The van der Waals surface area contributed by atoms with Crippen molar-refractivity contribution in [1.82, 2.24) is 10.3 Å². The second-order valence-electron chi connectivity index (χ2n) is 7.14. The lowest BCUT2D eigenvalue weighted by Crippen LogP contribution is -2.40. The van der Waals surface area contributed by atoms with Gasteiger partial charge < -0.3 is 5.32 Å². The Morgan fingerprint density at radius 1 is 1.33 bits per heavy atom. The zero-order valence-corrected chi connectivity index (χ0v) is 15.9. The molecule has 1 N–H and O–H groups in total. The molecule has 0 radical (unpaired) electrons. The molecule has 8 nitrogen and oxygen atoms in total. The predicted molar refractivity (Wildman–Crippen MR) is 99.2 cm³/mol. The third kappa shape index (κ3) is 3.51. The Kier molecular flexibility index (Phi) is 5.14. The van der Waals surface area contributed by atoms with Gasteiger partial charge in [0.2, 0.25) is 0 Å². The molecule has 9 heteroatoms. The number of nitrogens with zero attached hydrogens (tertiary/aromatic N) is 2. The van der Waals surface area contributed by atoms with Crippen molar-refractivity contribution in [3.63, 3.8) is 0 Å². The molecule has 2 aliphatic rings. The van der Waals surface area contributed by atoms with Gasteiger partial charge in [0.25, 0.3) is 5.91 Å². The van der Waals surface area contributed by atoms with Crippen molar-refractivity contribution in [3.8, 4) is 0 Å². The number of amides is 1. The molecule has 1 aliphatic heterocycles. The van der Waals surface area contributed by atoms with Gasteiger partial charge in [-0.05, 0) is 37.1 Å². The minimum absolute atomic E-state index is 0.0384. The summed E-state index contributed by atoms with van der Waals surface area (Å²) < 4.78 is 0. The first-order valence-electron chi connectivity index (χ1n) is 8.61. The van der Waals surface area contributed by atoms with E-state index < -0.39 is 33.6 Å². The average Bonchev–Trinajstić information content (AvgIpc) is 3.04. The van der Waals surface area contributed by atoms with Crippen LogP contribution in [0.1, 0.15) is 58.4 Å². The summed E-state index contributed by atoms with van der Waals surface area (Å²) >= 11 is 0.753. The number of ketones is 2. The topological polar surface area (TPSA) is 119 Å². The van der Waals surface area contributed by atoms with Crippen molar-refractivity contribution in [2.45, 2.75) is 38.5 Å². The van der Waals surface area contributed by atoms with Crippen LogP contribution in [0.4, 0.5) is 0 Å². The molecule has 0 aromatic carbocycles. The Labute approximate surface area is 160 Å². The van der Waals surface area contributed by atoms with Gasteiger partial charge in [0.05, 0.1) is 27.2 Å². The molecule has 142 valence electrons. The maximum Gasteiger partial charge on any atom is 0.300 e. The fourth-order valence-corrected chi connectivity index (χ4v) is 4.62. The van der Waals surface area contributed by atoms with Gasteiger partial charge in [0.1, 0.15) is 5.69 Å². The van der Waals surface area contributed by atoms with E-state index in [0.29, 0.717) is 5.92 Å². The summed E-state index contributed by atoms with van der Waals surface area (Å²) in [4.78, 5) is 52.8. The lowest BCUT2D eigenvalue weighted by atomic mass is 9.82. The molecule has 2 heterocycles. The summed E-state index contributed by atoms with van der Waals surface area (Å²) in [5.41, 5.74) is -0.0436. The number of carbonyl (C=O) groups is 3. The first-order chi connectivity index (χ1) is 12.7. The van der Waals surface area contributed by atoms with Crippen LogP contribution in [-0.2, 0) is 0 Å². The number of thioether (sulfide) groups is 1. The van der Waals surface area contributed by atoms with E-state index in [1.165, 1.54) is 18.3 Å². The van der Waals surface area contributed by atoms with E-state index in [2.05, 4.69) is 10.3 Å². The number of allylic oxidation sites excluding steroid dienone is 1. The quantitative estimate of drug-likeness (QED) is 0.607. The molecular formula is C18H19N3O5S. The van der Waals surface area contributed by atoms with Crippen molar-refractivity contribution in [3.05, 3.63) is 50.3 Å². The van der Waals surface area contributed by atoms with Gasteiger partial charge >= 0.3 is 5.03 Å². The highest BCUT2D eigenvalue weighted by Crippen LogP contribution is 2.43. The second kappa shape index (κ2) is 7.22. The zero-order chi connectivity index (χ0) is 19.9. The maximum absolute atomic E-state index is 13.0. The van der Waals surface area contributed by atoms with E-state index in [1.54, 1.807) is 0 Å². The fourth-order valence-electron chi connectivity index (χ4n) is 3.47. The van der Waals surface area contributed by atoms with E-state index in [9.17, 15) is 24.5 Å². The highest BCUT2D eigenvalue weighted by molar-refractivity contribution is 8.04. The summed E-state index contributed by atoms with van der Waals surface area (Å²) in [6.45, 7) is 5.95. The molecule has 3 unspecified atom stereocenters. The van der Waals surface area contributed by atoms with E-state index in [-0.39, 0.29) is 27.9 Å². The van der Waals surface area contributed by atoms with Crippen LogP contribution in [-0.4, -0.2) is 38.7 Å². The first-order valence-corrected chi connectivity index (χ1v) is 9.49. The molecular weight excluding hydrogens is 370 g/mol. The van der Waals surface area contributed by atoms with Crippen LogP contribution in [0.2, 0.25) is 0 Å². The van der Waals surface area contributed by atoms with Crippen LogP contribution in [0, 0.1) is 22.0 Å². The minimum atomic E-state index is -0.922. The van der Waals surface area contributed by atoms with Gasteiger partial charge in [0.15, 0.2) is 11.6 Å². The van der Waals surface area contributed by atoms with Crippen molar-refractivity contribution < 1.29 is 19.3 Å². The van der Waals surface area contributed by atoms with E-state index in [4.69, 9.17) is 0 Å². The van der Waals surface area contributed by atoms with Crippen molar-refractivity contribution in [2.75, 3.05) is 0 Å². The summed E-state index contributed by atoms with van der Waals surface area (Å²) in [6.07, 6.45) is 3.28. The molecule has 27 heavy (non-hydrogen) atoms. The van der Waals surface area contributed by atoms with E-state index >= 15 is 0 Å². The molecule has 1 aliphatic carbocycles. The van der Waals surface area contributed by atoms with Gasteiger partial charge in [-0.3, -0.25) is 29.5 Å². The summed E-state index contributed by atoms with van der Waals surface area (Å²) in [6, 6.07) is 1.30. The number of pyridine rings is 1. The molecule has 1 aromatic rings. The number of hydrogen-bond donors (Lipinski definition) is 1. The number of Topliss-reactive ketones (excluding diaryl/α,β-unsaturated/α-hetero) is 2. The molecule has 0 fully saturated rings. The minimum Gasteiger partial charge on any atom is -0.350 e. The lowest BCUT2D eigenvalue weighted by molar-refractivity contribution is -0.410. The zero-order valence-electron chi connectivity index (χ0n) is 15.1. The molecule has 0 spiro atoms. The fraction of sp³-hybridized carbons (Fsp3) is 0.444. The molecule has 3 rings (SSSR count). The highest BCUT2D eigenvalue weighted by Gasteiger charge is 2.49. The van der Waals surface area contributed by atoms with Crippen molar-refractivity contribution >= 4 is 29.2 Å². The molecule has 0 saturated carbocycles. The average molecular weight is 389 g/mol. The maximum atomic E-state index is 13.0. The van der Waals surface area contributed by atoms with Crippen LogP contribution in [0.5, 0.6) is 0 Å². The third-order valence-corrected chi connectivity index (χ3v) is 5.80. The smallest absolute Gasteiger partial charge is 0.300 e. The Bertz CT molecular complexity index is 880.